The molecular weight excluding hydrogens is 226 g/mol. The number of para-hydroxylation sites is 1. The summed E-state index contributed by atoms with van der Waals surface area (Å²) in [5.41, 5.74) is 1.57. The first kappa shape index (κ1) is 10.5. The van der Waals surface area contributed by atoms with Crippen LogP contribution in [0.3, 0.4) is 0 Å². The number of ketones is 1. The fourth-order valence-corrected chi connectivity index (χ4v) is 1.84. The van der Waals surface area contributed by atoms with Gasteiger partial charge in [-0.05, 0) is 12.1 Å². The topological polar surface area (TPSA) is 55.7 Å². The Balaban J connectivity index is 2.18. The Kier molecular flexibility index (Phi) is 2.53. The van der Waals surface area contributed by atoms with E-state index >= 15 is 0 Å². The van der Waals surface area contributed by atoms with Crippen molar-refractivity contribution in [2.24, 2.45) is 0 Å². The van der Waals surface area contributed by atoms with E-state index < -0.39 is 0 Å². The van der Waals surface area contributed by atoms with Gasteiger partial charge in [0.15, 0.2) is 0 Å². The molecule has 0 bridgehead atoms. The van der Waals surface area contributed by atoms with Gasteiger partial charge in [-0.2, -0.15) is 0 Å². The van der Waals surface area contributed by atoms with Crippen LogP contribution in [0.1, 0.15) is 16.1 Å². The van der Waals surface area contributed by atoms with Gasteiger partial charge in [0.2, 0.25) is 5.78 Å². The van der Waals surface area contributed by atoms with Crippen molar-refractivity contribution in [3.63, 3.8) is 0 Å². The van der Waals surface area contributed by atoms with Crippen molar-refractivity contribution in [1.82, 2.24) is 15.0 Å². The predicted molar refractivity (Wildman–Crippen MR) is 67.2 cm³/mol. The zero-order valence-electron chi connectivity index (χ0n) is 9.45. The summed E-state index contributed by atoms with van der Waals surface area (Å²) in [6.07, 6.45) is 6.18. The predicted octanol–water partition coefficient (Wildman–Crippen LogP) is 2.26. The maximum atomic E-state index is 12.3. The molecule has 0 atom stereocenters. The summed E-state index contributed by atoms with van der Waals surface area (Å²) in [4.78, 5) is 24.5. The molecule has 0 spiro atoms. The molecule has 0 aliphatic rings. The molecule has 86 valence electrons. The quantitative estimate of drug-likeness (QED) is 0.639. The molecule has 18 heavy (non-hydrogen) atoms. The third kappa shape index (κ3) is 1.73. The third-order valence-electron chi connectivity index (χ3n) is 2.67. The number of pyridine rings is 1. The summed E-state index contributed by atoms with van der Waals surface area (Å²) in [6.45, 7) is 0. The molecular formula is C14H9N3O. The SMILES string of the molecule is O=C(c1cnccn1)c1cccc2cccnc12. The van der Waals surface area contributed by atoms with E-state index in [-0.39, 0.29) is 5.78 Å². The van der Waals surface area contributed by atoms with Crippen molar-refractivity contribution >= 4 is 16.7 Å². The van der Waals surface area contributed by atoms with E-state index in [9.17, 15) is 4.79 Å². The highest BCUT2D eigenvalue weighted by molar-refractivity contribution is 6.14. The maximum absolute atomic E-state index is 12.3. The molecule has 3 rings (SSSR count). The standard InChI is InChI=1S/C14H9N3O/c18-14(12-9-15-7-8-16-12)11-5-1-3-10-4-2-6-17-13(10)11/h1-9H. The average Bonchev–Trinajstić information content (AvgIpc) is 2.47. The second-order valence-corrected chi connectivity index (χ2v) is 3.80. The van der Waals surface area contributed by atoms with Crippen molar-refractivity contribution in [3.8, 4) is 0 Å². The first-order valence-corrected chi connectivity index (χ1v) is 5.51. The molecule has 1 aromatic carbocycles. The molecule has 0 N–H and O–H groups in total. The summed E-state index contributed by atoms with van der Waals surface area (Å²) in [5.74, 6) is -0.160. The molecule has 0 fully saturated rings. The molecule has 0 saturated carbocycles. The molecule has 0 saturated heterocycles. The number of carbonyl (C=O) groups excluding carboxylic acids is 1. The molecule has 0 amide bonds. The number of benzene rings is 1. The van der Waals surface area contributed by atoms with Crippen LogP contribution in [-0.2, 0) is 0 Å². The van der Waals surface area contributed by atoms with E-state index in [0.29, 0.717) is 16.8 Å². The molecule has 0 unspecified atom stereocenters. The summed E-state index contributed by atoms with van der Waals surface area (Å²) >= 11 is 0. The van der Waals surface area contributed by atoms with Gasteiger partial charge in [-0.15, -0.1) is 0 Å². The normalized spacial score (nSPS) is 10.4. The van der Waals surface area contributed by atoms with Gasteiger partial charge < -0.3 is 0 Å². The summed E-state index contributed by atoms with van der Waals surface area (Å²) < 4.78 is 0. The van der Waals surface area contributed by atoms with Gasteiger partial charge in [-0.1, -0.05) is 18.2 Å². The summed E-state index contributed by atoms with van der Waals surface area (Å²) in [7, 11) is 0. The number of carbonyl (C=O) groups is 1. The lowest BCUT2D eigenvalue weighted by Crippen LogP contribution is -2.05. The molecule has 2 aromatic heterocycles. The number of rotatable bonds is 2. The van der Waals surface area contributed by atoms with Crippen molar-refractivity contribution in [3.05, 3.63) is 66.4 Å². The summed E-state index contributed by atoms with van der Waals surface area (Å²) in [6, 6.07) is 9.30. The highest BCUT2D eigenvalue weighted by atomic mass is 16.1. The Bertz CT molecular complexity index is 705. The Morgan fingerprint density at radius 2 is 1.83 bits per heavy atom. The lowest BCUT2D eigenvalue weighted by Gasteiger charge is -2.03. The highest BCUT2D eigenvalue weighted by Crippen LogP contribution is 2.18. The van der Waals surface area contributed by atoms with Gasteiger partial charge in [0.05, 0.1) is 17.3 Å². The van der Waals surface area contributed by atoms with E-state index in [1.165, 1.54) is 18.6 Å². The van der Waals surface area contributed by atoms with E-state index in [1.54, 1.807) is 12.3 Å². The number of hydrogen-bond donors (Lipinski definition) is 0. The third-order valence-corrected chi connectivity index (χ3v) is 2.67. The first-order chi connectivity index (χ1) is 8.86. The number of aromatic nitrogens is 3. The van der Waals surface area contributed by atoms with E-state index in [2.05, 4.69) is 15.0 Å². The van der Waals surface area contributed by atoms with Crippen LogP contribution in [0.25, 0.3) is 10.9 Å². The molecule has 4 heteroatoms. The van der Waals surface area contributed by atoms with Crippen LogP contribution in [0.4, 0.5) is 0 Å². The van der Waals surface area contributed by atoms with Gasteiger partial charge >= 0.3 is 0 Å². The van der Waals surface area contributed by atoms with Crippen LogP contribution in [-0.4, -0.2) is 20.7 Å². The number of fused-ring (bicyclic) bond motifs is 1. The van der Waals surface area contributed by atoms with E-state index in [1.807, 2.05) is 24.3 Å². The maximum Gasteiger partial charge on any atom is 0.215 e. The molecule has 0 aliphatic carbocycles. The van der Waals surface area contributed by atoms with Crippen molar-refractivity contribution in [1.29, 1.82) is 0 Å². The lowest BCUT2D eigenvalue weighted by molar-refractivity contribution is 0.103. The minimum Gasteiger partial charge on any atom is -0.287 e. The number of nitrogens with zero attached hydrogens (tertiary/aromatic N) is 3. The van der Waals surface area contributed by atoms with Crippen LogP contribution in [0.5, 0.6) is 0 Å². The minimum atomic E-state index is -0.160. The molecule has 2 heterocycles. The van der Waals surface area contributed by atoms with Crippen molar-refractivity contribution < 1.29 is 4.79 Å². The van der Waals surface area contributed by atoms with E-state index in [4.69, 9.17) is 0 Å². The fraction of sp³-hybridized carbons (Fsp3) is 0. The Labute approximate surface area is 103 Å². The van der Waals surface area contributed by atoms with Crippen LogP contribution in [0.2, 0.25) is 0 Å². The monoisotopic (exact) mass is 235 g/mol. The highest BCUT2D eigenvalue weighted by Gasteiger charge is 2.14. The second kappa shape index (κ2) is 4.33. The smallest absolute Gasteiger partial charge is 0.215 e. The number of hydrogen-bond acceptors (Lipinski definition) is 4. The van der Waals surface area contributed by atoms with Crippen molar-refractivity contribution in [2.75, 3.05) is 0 Å². The van der Waals surface area contributed by atoms with Crippen LogP contribution < -0.4 is 0 Å². The second-order valence-electron chi connectivity index (χ2n) is 3.80. The Morgan fingerprint density at radius 3 is 2.67 bits per heavy atom. The minimum absolute atomic E-state index is 0.160. The molecule has 0 aliphatic heterocycles. The molecule has 0 radical (unpaired) electrons. The Morgan fingerprint density at radius 1 is 0.944 bits per heavy atom. The lowest BCUT2D eigenvalue weighted by atomic mass is 10.0. The largest absolute Gasteiger partial charge is 0.287 e. The zero-order valence-corrected chi connectivity index (χ0v) is 9.45. The first-order valence-electron chi connectivity index (χ1n) is 5.51. The summed E-state index contributed by atoms with van der Waals surface area (Å²) in [5, 5.41) is 0.937. The van der Waals surface area contributed by atoms with E-state index in [0.717, 1.165) is 5.39 Å². The zero-order chi connectivity index (χ0) is 12.4. The molecule has 4 nitrogen and oxygen atoms in total. The van der Waals surface area contributed by atoms with Crippen molar-refractivity contribution in [2.45, 2.75) is 0 Å². The van der Waals surface area contributed by atoms with Gasteiger partial charge in [0.1, 0.15) is 5.69 Å². The van der Waals surface area contributed by atoms with Crippen LogP contribution in [0, 0.1) is 0 Å². The fourth-order valence-electron chi connectivity index (χ4n) is 1.84. The Hall–Kier alpha value is -2.62. The average molecular weight is 235 g/mol. The van der Waals surface area contributed by atoms with Crippen LogP contribution >= 0.6 is 0 Å². The van der Waals surface area contributed by atoms with Crippen LogP contribution in [0.15, 0.2) is 55.1 Å². The van der Waals surface area contributed by atoms with Gasteiger partial charge in [-0.3, -0.25) is 14.8 Å². The van der Waals surface area contributed by atoms with Gasteiger partial charge in [0.25, 0.3) is 0 Å². The van der Waals surface area contributed by atoms with Gasteiger partial charge in [-0.25, -0.2) is 4.98 Å². The van der Waals surface area contributed by atoms with Gasteiger partial charge in [0, 0.05) is 24.0 Å². The molecule has 3 aromatic rings.